The van der Waals surface area contributed by atoms with E-state index < -0.39 is 17.5 Å². The van der Waals surface area contributed by atoms with E-state index >= 15 is 0 Å². The van der Waals surface area contributed by atoms with Crippen molar-refractivity contribution >= 4 is 27.5 Å². The molecule has 1 fully saturated rings. The summed E-state index contributed by atoms with van der Waals surface area (Å²) in [6.45, 7) is 0.159. The van der Waals surface area contributed by atoms with Crippen LogP contribution in [0.2, 0.25) is 0 Å². The van der Waals surface area contributed by atoms with Crippen molar-refractivity contribution in [3.8, 4) is 0 Å². The van der Waals surface area contributed by atoms with Crippen LogP contribution in [0.25, 0.3) is 0 Å². The molecule has 1 aliphatic rings. The molecule has 1 heterocycles. The normalized spacial score (nSPS) is 25.1. The number of benzene rings is 1. The molecule has 1 aromatic carbocycles. The number of hydrogen-bond donors (Lipinski definition) is 0. The van der Waals surface area contributed by atoms with Gasteiger partial charge in [0.25, 0.3) is 0 Å². The lowest BCUT2D eigenvalue weighted by Crippen LogP contribution is -2.23. The van der Waals surface area contributed by atoms with Crippen LogP contribution >= 0.6 is 0 Å². The lowest BCUT2D eigenvalue weighted by molar-refractivity contribution is 0.313. The molecule has 0 bridgehead atoms. The Morgan fingerprint density at radius 2 is 2.13 bits per heavy atom. The van der Waals surface area contributed by atoms with Crippen LogP contribution in [0.1, 0.15) is 5.56 Å². The average molecular weight is 244 g/mol. The zero-order valence-electron chi connectivity index (χ0n) is 7.62. The molecular formula is C9H8O4S2. The van der Waals surface area contributed by atoms with E-state index in [9.17, 15) is 8.42 Å². The molecule has 6 heteroatoms. The molecule has 15 heavy (non-hydrogen) atoms. The van der Waals surface area contributed by atoms with Crippen LogP contribution in [0.15, 0.2) is 30.3 Å². The van der Waals surface area contributed by atoms with Gasteiger partial charge in [-0.1, -0.05) is 30.3 Å². The minimum Gasteiger partial charge on any atom is -0.265 e. The lowest BCUT2D eigenvalue weighted by atomic mass is 10.1. The lowest BCUT2D eigenvalue weighted by Gasteiger charge is -2.06. The summed E-state index contributed by atoms with van der Waals surface area (Å²) in [7, 11) is 0. The fourth-order valence-corrected chi connectivity index (χ4v) is 2.43. The molecule has 0 aliphatic carbocycles. The van der Waals surface area contributed by atoms with Gasteiger partial charge in [0.2, 0.25) is 0 Å². The van der Waals surface area contributed by atoms with Crippen molar-refractivity contribution in [2.24, 2.45) is 0 Å². The van der Waals surface area contributed by atoms with Crippen molar-refractivity contribution in [2.75, 3.05) is 6.61 Å². The van der Waals surface area contributed by atoms with Gasteiger partial charge in [-0.05, 0) is 5.56 Å². The van der Waals surface area contributed by atoms with Gasteiger partial charge in [-0.25, -0.2) is 4.21 Å². The fraction of sp³-hybridized carbons (Fsp3) is 0.222. The van der Waals surface area contributed by atoms with E-state index in [4.69, 9.17) is 8.37 Å². The quantitative estimate of drug-likeness (QED) is 0.558. The van der Waals surface area contributed by atoms with E-state index in [1.807, 2.05) is 30.3 Å². The Morgan fingerprint density at radius 1 is 1.40 bits per heavy atom. The summed E-state index contributed by atoms with van der Waals surface area (Å²) in [5, 5.41) is 0. The molecule has 0 aromatic heterocycles. The second-order valence-corrected chi connectivity index (χ2v) is 4.33. The summed E-state index contributed by atoms with van der Waals surface area (Å²) in [5.74, 6) is 0. The maximum absolute atomic E-state index is 11.0. The van der Waals surface area contributed by atoms with Gasteiger partial charge in [-0.3, -0.25) is 8.37 Å². The minimum atomic E-state index is -1.72. The topological polar surface area (TPSA) is 52.6 Å². The SMILES string of the molecule is O=S=C(c1ccccc1)C1COS(=O)O1. The smallest absolute Gasteiger partial charge is 0.265 e. The Balaban J connectivity index is 2.27. The van der Waals surface area contributed by atoms with E-state index in [0.29, 0.717) is 16.1 Å². The van der Waals surface area contributed by atoms with Crippen LogP contribution in [0.3, 0.4) is 0 Å². The van der Waals surface area contributed by atoms with Crippen molar-refractivity contribution in [2.45, 2.75) is 6.10 Å². The Morgan fingerprint density at radius 3 is 2.67 bits per heavy atom. The van der Waals surface area contributed by atoms with Gasteiger partial charge >= 0.3 is 11.4 Å². The van der Waals surface area contributed by atoms with Gasteiger partial charge < -0.3 is 0 Å². The fourth-order valence-electron chi connectivity index (χ4n) is 1.28. The number of rotatable bonds is 2. The van der Waals surface area contributed by atoms with Crippen LogP contribution in [0.5, 0.6) is 0 Å². The summed E-state index contributed by atoms with van der Waals surface area (Å²) in [4.78, 5) is 0.501. The highest BCUT2D eigenvalue weighted by molar-refractivity contribution is 7.75. The summed E-state index contributed by atoms with van der Waals surface area (Å²) in [6, 6.07) is 9.15. The van der Waals surface area contributed by atoms with Crippen LogP contribution in [0.4, 0.5) is 0 Å². The highest BCUT2D eigenvalue weighted by Gasteiger charge is 2.28. The Kier molecular flexibility index (Phi) is 3.42. The second-order valence-electron chi connectivity index (χ2n) is 2.89. The van der Waals surface area contributed by atoms with Gasteiger partial charge in [-0.15, -0.1) is 0 Å². The van der Waals surface area contributed by atoms with E-state index in [2.05, 4.69) is 0 Å². The van der Waals surface area contributed by atoms with E-state index in [0.717, 1.165) is 5.56 Å². The molecule has 0 saturated carbocycles. The first kappa shape index (κ1) is 10.7. The third-order valence-electron chi connectivity index (χ3n) is 1.95. The molecule has 2 unspecified atom stereocenters. The molecule has 2 atom stereocenters. The Hall–Kier alpha value is -0.820. The van der Waals surface area contributed by atoms with E-state index in [-0.39, 0.29) is 6.61 Å². The molecule has 1 saturated heterocycles. The summed E-state index contributed by atoms with van der Waals surface area (Å²) >= 11 is -1.37. The van der Waals surface area contributed by atoms with E-state index in [1.54, 1.807) is 0 Å². The monoisotopic (exact) mass is 244 g/mol. The maximum atomic E-state index is 11.0. The van der Waals surface area contributed by atoms with E-state index in [1.165, 1.54) is 0 Å². The zero-order valence-corrected chi connectivity index (χ0v) is 9.25. The highest BCUT2D eigenvalue weighted by Crippen LogP contribution is 2.14. The zero-order chi connectivity index (χ0) is 10.7. The molecule has 80 valence electrons. The van der Waals surface area contributed by atoms with Gasteiger partial charge in [0, 0.05) is 0 Å². The van der Waals surface area contributed by atoms with Crippen molar-refractivity contribution in [1.82, 2.24) is 0 Å². The largest absolute Gasteiger partial charge is 0.305 e. The van der Waals surface area contributed by atoms with Crippen LogP contribution < -0.4 is 0 Å². The second kappa shape index (κ2) is 4.80. The van der Waals surface area contributed by atoms with Crippen molar-refractivity contribution in [1.29, 1.82) is 0 Å². The molecule has 1 aromatic rings. The molecule has 4 nitrogen and oxygen atoms in total. The third kappa shape index (κ3) is 2.40. The molecule has 0 spiro atoms. The third-order valence-corrected chi connectivity index (χ3v) is 3.35. The molecule has 0 amide bonds. The molecular weight excluding hydrogens is 236 g/mol. The summed E-state index contributed by atoms with van der Waals surface area (Å²) in [5.41, 5.74) is 0.782. The van der Waals surface area contributed by atoms with Gasteiger partial charge in [0.15, 0.2) is 0 Å². The molecule has 0 radical (unpaired) electrons. The van der Waals surface area contributed by atoms with Crippen molar-refractivity contribution < 1.29 is 16.8 Å². The average Bonchev–Trinajstić information content (AvgIpc) is 2.68. The standard InChI is InChI=1S/C9H8O4S2/c10-14-9(7-4-2-1-3-5-7)8-6-12-15(11)13-8/h1-5,8H,6H2. The maximum Gasteiger partial charge on any atom is 0.305 e. The van der Waals surface area contributed by atoms with Crippen LogP contribution in [0, 0.1) is 0 Å². The van der Waals surface area contributed by atoms with Gasteiger partial charge in [0.1, 0.15) is 6.10 Å². The Labute approximate surface area is 93.1 Å². The summed E-state index contributed by atoms with van der Waals surface area (Å²) in [6.07, 6.45) is -0.518. The molecule has 0 N–H and O–H groups in total. The first-order valence-electron chi connectivity index (χ1n) is 4.25. The molecule has 2 rings (SSSR count). The predicted octanol–water partition coefficient (Wildman–Crippen LogP) is 0.414. The van der Waals surface area contributed by atoms with Crippen molar-refractivity contribution in [3.63, 3.8) is 0 Å². The first-order chi connectivity index (χ1) is 7.31. The predicted molar refractivity (Wildman–Crippen MR) is 57.7 cm³/mol. The van der Waals surface area contributed by atoms with Gasteiger partial charge in [-0.2, -0.15) is 4.21 Å². The Bertz CT molecular complexity index is 425. The molecule has 1 aliphatic heterocycles. The van der Waals surface area contributed by atoms with Crippen LogP contribution in [-0.4, -0.2) is 26.0 Å². The summed E-state index contributed by atoms with van der Waals surface area (Å²) < 4.78 is 31.5. The highest BCUT2D eigenvalue weighted by atomic mass is 32.2. The van der Waals surface area contributed by atoms with Gasteiger partial charge in [0.05, 0.1) is 22.7 Å². The van der Waals surface area contributed by atoms with Crippen molar-refractivity contribution in [3.05, 3.63) is 35.9 Å². The minimum absolute atomic E-state index is 0.159. The first-order valence-corrected chi connectivity index (χ1v) is 5.99. The number of hydrogen-bond acceptors (Lipinski definition) is 4. The van der Waals surface area contributed by atoms with Crippen LogP contribution in [-0.2, 0) is 31.0 Å².